The molecule has 8 heteroatoms. The Balaban J connectivity index is 1.50. The molecule has 0 spiro atoms. The number of nitrogens with zero attached hydrogens (tertiary/aromatic N) is 2. The van der Waals surface area contributed by atoms with Crippen molar-refractivity contribution in [2.24, 2.45) is 0 Å². The van der Waals surface area contributed by atoms with E-state index in [1.807, 2.05) is 30.3 Å². The number of anilines is 1. The van der Waals surface area contributed by atoms with Crippen molar-refractivity contribution < 1.29 is 9.18 Å². The number of fused-ring (bicyclic) bond motifs is 3. The van der Waals surface area contributed by atoms with Crippen LogP contribution in [0.15, 0.2) is 64.5 Å². The van der Waals surface area contributed by atoms with Gasteiger partial charge in [0.05, 0.1) is 16.8 Å². The average molecular weight is 452 g/mol. The molecule has 0 atom stereocenters. The first-order valence-corrected chi connectivity index (χ1v) is 11.7. The van der Waals surface area contributed by atoms with Gasteiger partial charge in [0.2, 0.25) is 5.91 Å². The number of hydrogen-bond donors (Lipinski definition) is 1. The van der Waals surface area contributed by atoms with E-state index in [0.29, 0.717) is 21.9 Å². The van der Waals surface area contributed by atoms with Gasteiger partial charge < -0.3 is 5.32 Å². The first-order chi connectivity index (χ1) is 15.1. The summed E-state index contributed by atoms with van der Waals surface area (Å²) in [5, 5.41) is 3.86. The van der Waals surface area contributed by atoms with Crippen molar-refractivity contribution in [3.63, 3.8) is 0 Å². The number of aryl methyl sites for hydroxylation is 2. The molecule has 2 aromatic carbocycles. The van der Waals surface area contributed by atoms with E-state index in [2.05, 4.69) is 5.32 Å². The van der Waals surface area contributed by atoms with Crippen LogP contribution in [-0.2, 0) is 17.6 Å². The molecule has 0 unspecified atom stereocenters. The van der Waals surface area contributed by atoms with Crippen LogP contribution in [0.4, 0.5) is 10.1 Å². The number of carbonyl (C=O) groups excluding carboxylic acids is 1. The minimum atomic E-state index is -0.416. The maximum absolute atomic E-state index is 13.5. The number of thioether (sulfide) groups is 1. The van der Waals surface area contributed by atoms with Crippen LogP contribution in [0.5, 0.6) is 0 Å². The Labute approximate surface area is 185 Å². The molecule has 0 radical (unpaired) electrons. The van der Waals surface area contributed by atoms with Gasteiger partial charge in [0, 0.05) is 10.6 Å². The maximum atomic E-state index is 13.5. The number of para-hydroxylation sites is 1. The number of aromatic nitrogens is 2. The largest absolute Gasteiger partial charge is 0.325 e. The molecule has 0 saturated heterocycles. The predicted octanol–water partition coefficient (Wildman–Crippen LogP) is 4.81. The van der Waals surface area contributed by atoms with E-state index >= 15 is 0 Å². The summed E-state index contributed by atoms with van der Waals surface area (Å²) >= 11 is 2.77. The molecule has 4 aromatic rings. The molecule has 2 aromatic heterocycles. The Kier molecular flexibility index (Phi) is 5.33. The minimum Gasteiger partial charge on any atom is -0.325 e. The lowest BCUT2D eigenvalue weighted by Crippen LogP contribution is -2.23. The number of amides is 1. The quantitative estimate of drug-likeness (QED) is 0.350. The molecule has 1 amide bonds. The Bertz CT molecular complexity index is 1350. The smallest absolute Gasteiger partial charge is 0.267 e. The van der Waals surface area contributed by atoms with Crippen LogP contribution in [0.1, 0.15) is 16.9 Å². The van der Waals surface area contributed by atoms with Gasteiger partial charge in [-0.25, -0.2) is 9.37 Å². The molecule has 2 heterocycles. The lowest BCUT2D eigenvalue weighted by Gasteiger charge is -2.12. The highest BCUT2D eigenvalue weighted by atomic mass is 32.2. The number of thiophene rings is 1. The number of nitrogens with one attached hydrogen (secondary N) is 1. The summed E-state index contributed by atoms with van der Waals surface area (Å²) in [6.07, 6.45) is 2.96. The number of halogens is 1. The van der Waals surface area contributed by atoms with Gasteiger partial charge in [-0.1, -0.05) is 36.0 Å². The fraction of sp³-hybridized carbons (Fsp3) is 0.174. The molecular formula is C23H18FN3O2S2. The van der Waals surface area contributed by atoms with Gasteiger partial charge in [-0.3, -0.25) is 14.2 Å². The second-order valence-corrected chi connectivity index (χ2v) is 9.28. The van der Waals surface area contributed by atoms with E-state index in [9.17, 15) is 14.0 Å². The molecule has 0 fully saturated rings. The van der Waals surface area contributed by atoms with E-state index in [-0.39, 0.29) is 17.2 Å². The molecule has 0 bridgehead atoms. The van der Waals surface area contributed by atoms with E-state index in [1.165, 1.54) is 34.8 Å². The van der Waals surface area contributed by atoms with Crippen LogP contribution in [0.3, 0.4) is 0 Å². The lowest BCUT2D eigenvalue weighted by molar-refractivity contribution is -0.113. The summed E-state index contributed by atoms with van der Waals surface area (Å²) in [7, 11) is 0. The fourth-order valence-corrected chi connectivity index (χ4v) is 5.93. The number of benzene rings is 2. The third kappa shape index (κ3) is 3.88. The molecule has 0 aliphatic heterocycles. The summed E-state index contributed by atoms with van der Waals surface area (Å²) in [5.74, 6) is -0.661. The standard InChI is InChI=1S/C23H18FN3O2S2/c24-14-6-4-7-15(12-14)25-19(28)13-30-23-26-21-20(17-10-5-11-18(17)31-21)22(29)27(23)16-8-2-1-3-9-16/h1-4,6-9,12H,5,10-11,13H2,(H,25,28). The third-order valence-electron chi connectivity index (χ3n) is 5.16. The number of carbonyl (C=O) groups is 1. The molecule has 156 valence electrons. The molecule has 1 N–H and O–H groups in total. The van der Waals surface area contributed by atoms with Crippen molar-refractivity contribution in [3.8, 4) is 5.69 Å². The third-order valence-corrected chi connectivity index (χ3v) is 7.29. The van der Waals surface area contributed by atoms with Gasteiger partial charge >= 0.3 is 0 Å². The van der Waals surface area contributed by atoms with Crippen LogP contribution in [0, 0.1) is 5.82 Å². The predicted molar refractivity (Wildman–Crippen MR) is 123 cm³/mol. The maximum Gasteiger partial charge on any atom is 0.267 e. The molecule has 5 rings (SSSR count). The summed E-state index contributed by atoms with van der Waals surface area (Å²) in [4.78, 5) is 32.7. The van der Waals surface area contributed by atoms with Crippen molar-refractivity contribution in [1.29, 1.82) is 0 Å². The van der Waals surface area contributed by atoms with Crippen LogP contribution in [0.25, 0.3) is 15.9 Å². The van der Waals surface area contributed by atoms with Crippen LogP contribution < -0.4 is 10.9 Å². The highest BCUT2D eigenvalue weighted by molar-refractivity contribution is 7.99. The first kappa shape index (κ1) is 20.0. The molecule has 31 heavy (non-hydrogen) atoms. The van der Waals surface area contributed by atoms with Crippen LogP contribution >= 0.6 is 23.1 Å². The lowest BCUT2D eigenvalue weighted by atomic mass is 10.2. The molecule has 0 saturated carbocycles. The van der Waals surface area contributed by atoms with Gasteiger partial charge in [-0.2, -0.15) is 0 Å². The molecular weight excluding hydrogens is 433 g/mol. The normalized spacial score (nSPS) is 12.8. The Morgan fingerprint density at radius 2 is 2.00 bits per heavy atom. The van der Waals surface area contributed by atoms with E-state index in [1.54, 1.807) is 22.0 Å². The molecule has 5 nitrogen and oxygen atoms in total. The Morgan fingerprint density at radius 3 is 2.81 bits per heavy atom. The molecule has 1 aliphatic rings. The molecule has 1 aliphatic carbocycles. The zero-order valence-electron chi connectivity index (χ0n) is 16.4. The number of rotatable bonds is 5. The second kappa shape index (κ2) is 8.28. The van der Waals surface area contributed by atoms with Gasteiger partial charge in [0.25, 0.3) is 5.56 Å². The van der Waals surface area contributed by atoms with Crippen molar-refractivity contribution in [2.45, 2.75) is 24.4 Å². The zero-order valence-corrected chi connectivity index (χ0v) is 18.1. The summed E-state index contributed by atoms with van der Waals surface area (Å²) in [6, 6.07) is 15.1. The summed E-state index contributed by atoms with van der Waals surface area (Å²) in [5.41, 5.74) is 2.14. The second-order valence-electron chi connectivity index (χ2n) is 7.26. The van der Waals surface area contributed by atoms with Gasteiger partial charge in [0.15, 0.2) is 5.16 Å². The van der Waals surface area contributed by atoms with E-state index < -0.39 is 5.82 Å². The van der Waals surface area contributed by atoms with Gasteiger partial charge in [-0.05, 0) is 55.2 Å². The van der Waals surface area contributed by atoms with Crippen LogP contribution in [-0.4, -0.2) is 21.2 Å². The Morgan fingerprint density at radius 1 is 1.16 bits per heavy atom. The monoisotopic (exact) mass is 451 g/mol. The van der Waals surface area contributed by atoms with Gasteiger partial charge in [-0.15, -0.1) is 11.3 Å². The van der Waals surface area contributed by atoms with E-state index in [4.69, 9.17) is 4.98 Å². The zero-order chi connectivity index (χ0) is 21.4. The van der Waals surface area contributed by atoms with Crippen molar-refractivity contribution in [3.05, 3.63) is 81.2 Å². The topological polar surface area (TPSA) is 64.0 Å². The highest BCUT2D eigenvalue weighted by Crippen LogP contribution is 2.36. The Hall–Kier alpha value is -2.97. The summed E-state index contributed by atoms with van der Waals surface area (Å²) in [6.45, 7) is 0. The average Bonchev–Trinajstić information content (AvgIpc) is 3.34. The van der Waals surface area contributed by atoms with Crippen molar-refractivity contribution in [2.75, 3.05) is 11.1 Å². The van der Waals surface area contributed by atoms with Gasteiger partial charge in [0.1, 0.15) is 10.6 Å². The van der Waals surface area contributed by atoms with Crippen molar-refractivity contribution >= 4 is 44.9 Å². The van der Waals surface area contributed by atoms with Crippen molar-refractivity contribution in [1.82, 2.24) is 9.55 Å². The van der Waals surface area contributed by atoms with E-state index in [0.717, 1.165) is 29.7 Å². The van der Waals surface area contributed by atoms with Crippen LogP contribution in [0.2, 0.25) is 0 Å². The first-order valence-electron chi connectivity index (χ1n) is 9.91. The fourth-order valence-electron chi connectivity index (χ4n) is 3.82. The number of hydrogen-bond acceptors (Lipinski definition) is 5. The highest BCUT2D eigenvalue weighted by Gasteiger charge is 2.24. The summed E-state index contributed by atoms with van der Waals surface area (Å²) < 4.78 is 15.0. The SMILES string of the molecule is O=C(CSc1nc2sc3c(c2c(=O)n1-c1ccccc1)CCC3)Nc1cccc(F)c1. The minimum absolute atomic E-state index is 0.0480.